The molecule has 0 atom stereocenters. The molecular weight excluding hydrogens is 386 g/mol. The topological polar surface area (TPSA) is 47.9 Å². The van der Waals surface area contributed by atoms with Crippen molar-refractivity contribution in [1.29, 1.82) is 0 Å². The van der Waals surface area contributed by atoms with E-state index >= 15 is 0 Å². The average Bonchev–Trinajstić information content (AvgIpc) is 3.16. The van der Waals surface area contributed by atoms with Gasteiger partial charge in [0.2, 0.25) is 5.90 Å². The van der Waals surface area contributed by atoms with Gasteiger partial charge in [-0.15, -0.1) is 0 Å². The fourth-order valence-electron chi connectivity index (χ4n) is 3.29. The van der Waals surface area contributed by atoms with Crippen molar-refractivity contribution in [1.82, 2.24) is 0 Å². The van der Waals surface area contributed by atoms with Gasteiger partial charge in [0.1, 0.15) is 5.75 Å². The summed E-state index contributed by atoms with van der Waals surface area (Å²) in [6, 6.07) is 25.8. The Labute approximate surface area is 182 Å². The molecule has 0 aromatic heterocycles. The molecule has 31 heavy (non-hydrogen) atoms. The predicted molar refractivity (Wildman–Crippen MR) is 123 cm³/mol. The monoisotopic (exact) mass is 411 g/mol. The zero-order valence-electron chi connectivity index (χ0n) is 17.7. The van der Waals surface area contributed by atoms with Gasteiger partial charge >= 0.3 is 5.97 Å². The highest BCUT2D eigenvalue weighted by molar-refractivity contribution is 6.12. The van der Waals surface area contributed by atoms with Gasteiger partial charge in [0, 0.05) is 12.0 Å². The minimum Gasteiger partial charge on any atom is -0.493 e. The number of benzene rings is 3. The van der Waals surface area contributed by atoms with Crippen molar-refractivity contribution >= 4 is 17.9 Å². The van der Waals surface area contributed by atoms with Crippen LogP contribution in [0.5, 0.6) is 5.75 Å². The quantitative estimate of drug-likeness (QED) is 0.366. The van der Waals surface area contributed by atoms with Crippen molar-refractivity contribution in [3.8, 4) is 5.75 Å². The molecule has 1 heterocycles. The van der Waals surface area contributed by atoms with Crippen molar-refractivity contribution in [3.63, 3.8) is 0 Å². The number of aliphatic imine (C=N–C) groups is 1. The average molecular weight is 412 g/mol. The van der Waals surface area contributed by atoms with E-state index in [1.165, 1.54) is 11.1 Å². The summed E-state index contributed by atoms with van der Waals surface area (Å²) in [5.41, 5.74) is 4.43. The Kier molecular flexibility index (Phi) is 6.27. The molecule has 4 nitrogen and oxygen atoms in total. The number of esters is 1. The summed E-state index contributed by atoms with van der Waals surface area (Å²) in [5.74, 6) is 1.14. The second kappa shape index (κ2) is 9.43. The molecule has 0 amide bonds. The molecule has 0 N–H and O–H groups in total. The first-order valence-corrected chi connectivity index (χ1v) is 10.5. The van der Waals surface area contributed by atoms with Crippen molar-refractivity contribution in [2.75, 3.05) is 6.61 Å². The summed E-state index contributed by atoms with van der Waals surface area (Å²) in [6.07, 6.45) is 2.58. The smallest absolute Gasteiger partial charge is 0.363 e. The second-order valence-electron chi connectivity index (χ2n) is 7.77. The van der Waals surface area contributed by atoms with Crippen LogP contribution in [0.15, 0.2) is 89.6 Å². The minimum atomic E-state index is -0.439. The molecule has 0 saturated carbocycles. The zero-order chi connectivity index (χ0) is 21.6. The first kappa shape index (κ1) is 20.6. The van der Waals surface area contributed by atoms with E-state index in [1.54, 1.807) is 6.08 Å². The lowest BCUT2D eigenvalue weighted by Crippen LogP contribution is -2.05. The highest BCUT2D eigenvalue weighted by atomic mass is 16.6. The summed E-state index contributed by atoms with van der Waals surface area (Å²) >= 11 is 0. The Morgan fingerprint density at radius 1 is 0.935 bits per heavy atom. The summed E-state index contributed by atoms with van der Waals surface area (Å²) < 4.78 is 11.2. The van der Waals surface area contributed by atoms with Crippen molar-refractivity contribution in [3.05, 3.63) is 107 Å². The Morgan fingerprint density at radius 3 is 2.32 bits per heavy atom. The molecule has 4 heteroatoms. The Bertz CT molecular complexity index is 1100. The van der Waals surface area contributed by atoms with Crippen LogP contribution in [-0.4, -0.2) is 18.5 Å². The lowest BCUT2D eigenvalue weighted by atomic mass is 10.0. The summed E-state index contributed by atoms with van der Waals surface area (Å²) in [6.45, 7) is 4.89. The van der Waals surface area contributed by atoms with Crippen LogP contribution in [0, 0.1) is 0 Å². The normalized spacial score (nSPS) is 14.6. The Hall–Kier alpha value is -3.66. The molecule has 0 bridgehead atoms. The molecule has 0 aliphatic carbocycles. The maximum absolute atomic E-state index is 12.3. The molecule has 3 aromatic carbocycles. The van der Waals surface area contributed by atoms with Crippen LogP contribution in [-0.2, 0) is 16.0 Å². The number of cyclic esters (lactones) is 1. The van der Waals surface area contributed by atoms with Crippen LogP contribution in [0.4, 0.5) is 0 Å². The molecule has 0 fully saturated rings. The highest BCUT2D eigenvalue weighted by Crippen LogP contribution is 2.22. The first-order valence-electron chi connectivity index (χ1n) is 10.5. The van der Waals surface area contributed by atoms with Gasteiger partial charge in [-0.25, -0.2) is 9.79 Å². The molecule has 0 saturated heterocycles. The molecule has 3 aromatic rings. The molecule has 0 radical (unpaired) electrons. The molecule has 1 aliphatic rings. The van der Waals surface area contributed by atoms with Gasteiger partial charge in [0.05, 0.1) is 6.61 Å². The standard InChI is InChI=1S/C27H25NO3/c1-19(2)22-10-12-23(13-11-22)26-28-25(27(29)31-26)18-21-8-14-24(15-9-21)30-17-16-20-6-4-3-5-7-20/h3-15,18-19H,16-17H2,1-2H3/b25-18-. The first-order chi connectivity index (χ1) is 15.1. The number of carbonyl (C=O) groups excluding carboxylic acids is 1. The molecule has 0 spiro atoms. The molecular formula is C27H25NO3. The van der Waals surface area contributed by atoms with Crippen molar-refractivity contribution in [2.45, 2.75) is 26.2 Å². The van der Waals surface area contributed by atoms with Crippen LogP contribution in [0.3, 0.4) is 0 Å². The number of nitrogens with zero attached hydrogens (tertiary/aromatic N) is 1. The number of hydrogen-bond donors (Lipinski definition) is 0. The van der Waals surface area contributed by atoms with E-state index in [1.807, 2.05) is 66.7 Å². The lowest BCUT2D eigenvalue weighted by Gasteiger charge is -2.06. The number of carbonyl (C=O) groups is 1. The van der Waals surface area contributed by atoms with Gasteiger partial charge in [0.25, 0.3) is 0 Å². The summed E-state index contributed by atoms with van der Waals surface area (Å²) in [7, 11) is 0. The predicted octanol–water partition coefficient (Wildman–Crippen LogP) is 5.78. The Balaban J connectivity index is 1.40. The number of ether oxygens (including phenoxy) is 2. The summed E-state index contributed by atoms with van der Waals surface area (Å²) in [4.78, 5) is 16.6. The van der Waals surface area contributed by atoms with E-state index in [0.717, 1.165) is 23.3 Å². The fraction of sp³-hybridized carbons (Fsp3) is 0.185. The zero-order valence-corrected chi connectivity index (χ0v) is 17.7. The maximum Gasteiger partial charge on any atom is 0.363 e. The lowest BCUT2D eigenvalue weighted by molar-refractivity contribution is -0.129. The third-order valence-corrected chi connectivity index (χ3v) is 5.13. The summed E-state index contributed by atoms with van der Waals surface area (Å²) in [5, 5.41) is 0. The van der Waals surface area contributed by atoms with Gasteiger partial charge < -0.3 is 9.47 Å². The van der Waals surface area contributed by atoms with E-state index < -0.39 is 5.97 Å². The highest BCUT2D eigenvalue weighted by Gasteiger charge is 2.24. The molecule has 156 valence electrons. The second-order valence-corrected chi connectivity index (χ2v) is 7.77. The fourth-order valence-corrected chi connectivity index (χ4v) is 3.29. The van der Waals surface area contributed by atoms with Gasteiger partial charge in [-0.2, -0.15) is 0 Å². The van der Waals surface area contributed by atoms with Crippen molar-refractivity contribution < 1.29 is 14.3 Å². The van der Waals surface area contributed by atoms with Crippen LogP contribution in [0.25, 0.3) is 6.08 Å². The van der Waals surface area contributed by atoms with E-state index in [4.69, 9.17) is 9.47 Å². The van der Waals surface area contributed by atoms with Gasteiger partial charge in [0.15, 0.2) is 5.70 Å². The van der Waals surface area contributed by atoms with Gasteiger partial charge in [-0.05, 0) is 52.9 Å². The van der Waals surface area contributed by atoms with Gasteiger partial charge in [-0.1, -0.05) is 68.4 Å². The van der Waals surface area contributed by atoms with E-state index in [9.17, 15) is 4.79 Å². The third kappa shape index (κ3) is 5.28. The van der Waals surface area contributed by atoms with E-state index in [0.29, 0.717) is 24.1 Å². The Morgan fingerprint density at radius 2 is 1.65 bits per heavy atom. The van der Waals surface area contributed by atoms with Crippen molar-refractivity contribution in [2.24, 2.45) is 4.99 Å². The largest absolute Gasteiger partial charge is 0.493 e. The third-order valence-electron chi connectivity index (χ3n) is 5.13. The van der Waals surface area contributed by atoms with E-state index in [2.05, 4.69) is 31.0 Å². The van der Waals surface area contributed by atoms with Crippen LogP contribution in [0.1, 0.15) is 42.0 Å². The SMILES string of the molecule is CC(C)c1ccc(C2=N/C(=C\c3ccc(OCCc4ccccc4)cc3)C(=O)O2)cc1. The molecule has 0 unspecified atom stereocenters. The molecule has 1 aliphatic heterocycles. The van der Waals surface area contributed by atoms with Crippen LogP contribution in [0.2, 0.25) is 0 Å². The number of rotatable bonds is 7. The maximum atomic E-state index is 12.3. The molecule has 4 rings (SSSR count). The van der Waals surface area contributed by atoms with E-state index in [-0.39, 0.29) is 0 Å². The van der Waals surface area contributed by atoms with Gasteiger partial charge in [-0.3, -0.25) is 0 Å². The van der Waals surface area contributed by atoms with Crippen LogP contribution < -0.4 is 4.74 Å². The van der Waals surface area contributed by atoms with Crippen LogP contribution >= 0.6 is 0 Å². The number of hydrogen-bond acceptors (Lipinski definition) is 4. The minimum absolute atomic E-state index is 0.292.